The maximum Gasteiger partial charge on any atom is 0.243 e. The number of nitrogens with one attached hydrogen (secondary N) is 4. The third-order valence-corrected chi connectivity index (χ3v) is 6.99. The van der Waals surface area contributed by atoms with Gasteiger partial charge in [0.2, 0.25) is 17.7 Å². The van der Waals surface area contributed by atoms with Crippen LogP contribution in [0, 0.1) is 5.92 Å². The molecule has 4 N–H and O–H groups in total. The van der Waals surface area contributed by atoms with Crippen molar-refractivity contribution in [3.8, 4) is 5.75 Å². The quantitative estimate of drug-likeness (QED) is 0.438. The Balaban J connectivity index is 1.86. The fourth-order valence-corrected chi connectivity index (χ4v) is 4.71. The van der Waals surface area contributed by atoms with Crippen LogP contribution in [0.5, 0.6) is 5.75 Å². The van der Waals surface area contributed by atoms with Crippen molar-refractivity contribution in [3.05, 3.63) is 64.7 Å². The van der Waals surface area contributed by atoms with Crippen LogP contribution in [0.3, 0.4) is 0 Å². The molecule has 3 amide bonds. The van der Waals surface area contributed by atoms with Crippen molar-refractivity contribution in [3.63, 3.8) is 0 Å². The van der Waals surface area contributed by atoms with Gasteiger partial charge in [0.25, 0.3) is 0 Å². The molecule has 2 aromatic rings. The van der Waals surface area contributed by atoms with Crippen molar-refractivity contribution in [2.45, 2.75) is 51.2 Å². The number of rotatable bonds is 5. The molecule has 0 aromatic heterocycles. The lowest BCUT2D eigenvalue weighted by molar-refractivity contribution is -0.133. The Labute approximate surface area is 242 Å². The molecule has 3 rings (SSSR count). The number of ether oxygens (including phenoxy) is 1. The highest BCUT2D eigenvalue weighted by Crippen LogP contribution is 2.19. The summed E-state index contributed by atoms with van der Waals surface area (Å²) in [4.78, 5) is 41.9. The van der Waals surface area contributed by atoms with E-state index >= 15 is 0 Å². The monoisotopic (exact) mass is 571 g/mol. The summed E-state index contributed by atoms with van der Waals surface area (Å²) in [7, 11) is 3.69. The Morgan fingerprint density at radius 1 is 0.925 bits per heavy atom. The van der Waals surface area contributed by atoms with Crippen LogP contribution in [0.2, 0.25) is 5.02 Å². The van der Waals surface area contributed by atoms with E-state index in [2.05, 4.69) is 21.3 Å². The van der Waals surface area contributed by atoms with Gasteiger partial charge in [-0.3, -0.25) is 14.4 Å². The number of aryl methyl sites for hydroxylation is 1. The highest BCUT2D eigenvalue weighted by Gasteiger charge is 2.31. The second-order valence-electron chi connectivity index (χ2n) is 10.7. The van der Waals surface area contributed by atoms with E-state index in [1.54, 1.807) is 12.1 Å². The number of likely N-dealkylation sites (N-methyl/N-ethyl adjacent to an activating group) is 1. The van der Waals surface area contributed by atoms with Crippen molar-refractivity contribution in [2.24, 2.45) is 5.92 Å². The van der Waals surface area contributed by atoms with E-state index in [4.69, 9.17) is 16.3 Å². The molecular weight excluding hydrogens is 530 g/mol. The topological polar surface area (TPSA) is 112 Å². The number of carbonyl (C=O) groups is 3. The average Bonchev–Trinajstić information content (AvgIpc) is 2.91. The summed E-state index contributed by atoms with van der Waals surface area (Å²) >= 11 is 6.06. The molecule has 1 aliphatic heterocycles. The smallest absolute Gasteiger partial charge is 0.243 e. The fourth-order valence-electron chi connectivity index (χ4n) is 4.58. The van der Waals surface area contributed by atoms with Crippen LogP contribution in [0.15, 0.2) is 48.5 Å². The standard InChI is InChI=1S/C30H42ClN5O4/c1-20(2)27-30(39)34-25(19-36(3)4)28(37)33-15-7-9-22-8-5-6-10-26(22)40-17-16-32-24(29(38)35-27)18-21-11-13-23(31)14-12-21/h5-6,8,10-14,20,24-25,27,32H,7,9,15-19H2,1-4H3,(H,33,37)(H,34,39)(H,35,38)/t24-,25+,27-/m1/s1. The molecular formula is C30H42ClN5O4. The zero-order valence-electron chi connectivity index (χ0n) is 23.8. The third kappa shape index (κ3) is 9.80. The average molecular weight is 572 g/mol. The number of amides is 3. The van der Waals surface area contributed by atoms with Gasteiger partial charge in [-0.1, -0.05) is 55.8 Å². The Bertz CT molecular complexity index is 1130. The number of para-hydroxylation sites is 1. The highest BCUT2D eigenvalue weighted by molar-refractivity contribution is 6.30. The van der Waals surface area contributed by atoms with Gasteiger partial charge >= 0.3 is 0 Å². The summed E-state index contributed by atoms with van der Waals surface area (Å²) in [6.07, 6.45) is 1.85. The Morgan fingerprint density at radius 3 is 2.35 bits per heavy atom. The van der Waals surface area contributed by atoms with Gasteiger partial charge in [-0.2, -0.15) is 0 Å². The van der Waals surface area contributed by atoms with Gasteiger partial charge in [0.15, 0.2) is 0 Å². The summed E-state index contributed by atoms with van der Waals surface area (Å²) in [5.74, 6) is -0.376. The van der Waals surface area contributed by atoms with Gasteiger partial charge in [-0.15, -0.1) is 0 Å². The summed E-state index contributed by atoms with van der Waals surface area (Å²) in [5, 5.41) is 12.7. The van der Waals surface area contributed by atoms with Gasteiger partial charge in [-0.25, -0.2) is 0 Å². The number of hydrogen-bond donors (Lipinski definition) is 4. The fraction of sp³-hybridized carbons (Fsp3) is 0.500. The molecule has 0 saturated heterocycles. The van der Waals surface area contributed by atoms with Gasteiger partial charge < -0.3 is 30.9 Å². The molecule has 0 unspecified atom stereocenters. The van der Waals surface area contributed by atoms with Crippen molar-refractivity contribution in [1.29, 1.82) is 0 Å². The van der Waals surface area contributed by atoms with Crippen molar-refractivity contribution < 1.29 is 19.1 Å². The summed E-state index contributed by atoms with van der Waals surface area (Å²) in [6.45, 7) is 5.31. The maximum absolute atomic E-state index is 13.6. The molecule has 1 aliphatic rings. The molecule has 0 radical (unpaired) electrons. The molecule has 10 heteroatoms. The molecule has 2 aromatic carbocycles. The number of halogens is 1. The van der Waals surface area contributed by atoms with Gasteiger partial charge in [0.05, 0.1) is 6.04 Å². The molecule has 0 aliphatic carbocycles. The summed E-state index contributed by atoms with van der Waals surface area (Å²) in [6, 6.07) is 13.0. The molecule has 40 heavy (non-hydrogen) atoms. The lowest BCUT2D eigenvalue weighted by Crippen LogP contribution is -2.59. The Morgan fingerprint density at radius 2 is 1.65 bits per heavy atom. The zero-order chi connectivity index (χ0) is 29.1. The molecule has 0 bridgehead atoms. The van der Waals surface area contributed by atoms with Crippen LogP contribution in [-0.4, -0.2) is 81.1 Å². The van der Waals surface area contributed by atoms with E-state index < -0.39 is 24.0 Å². The van der Waals surface area contributed by atoms with E-state index in [9.17, 15) is 14.4 Å². The zero-order valence-corrected chi connectivity index (χ0v) is 24.6. The van der Waals surface area contributed by atoms with E-state index in [0.29, 0.717) is 37.7 Å². The Hall–Kier alpha value is -3.14. The minimum atomic E-state index is -0.818. The molecule has 0 fully saturated rings. The lowest BCUT2D eigenvalue weighted by Gasteiger charge is -2.28. The Kier molecular flexibility index (Phi) is 12.2. The molecule has 3 atom stereocenters. The van der Waals surface area contributed by atoms with Crippen LogP contribution in [0.1, 0.15) is 31.4 Å². The minimum Gasteiger partial charge on any atom is -0.492 e. The van der Waals surface area contributed by atoms with Crippen LogP contribution in [0.4, 0.5) is 0 Å². The molecule has 1 heterocycles. The van der Waals surface area contributed by atoms with E-state index in [0.717, 1.165) is 29.7 Å². The third-order valence-electron chi connectivity index (χ3n) is 6.74. The number of benzene rings is 2. The summed E-state index contributed by atoms with van der Waals surface area (Å²) in [5.41, 5.74) is 1.98. The first-order valence-electron chi connectivity index (χ1n) is 13.9. The lowest BCUT2D eigenvalue weighted by atomic mass is 10.0. The second kappa shape index (κ2) is 15.6. The van der Waals surface area contributed by atoms with Crippen molar-refractivity contribution in [1.82, 2.24) is 26.2 Å². The highest BCUT2D eigenvalue weighted by atomic mass is 35.5. The minimum absolute atomic E-state index is 0.200. The second-order valence-corrected chi connectivity index (χ2v) is 11.2. The van der Waals surface area contributed by atoms with Gasteiger partial charge in [-0.05, 0) is 68.6 Å². The maximum atomic E-state index is 13.6. The van der Waals surface area contributed by atoms with Crippen LogP contribution in [0.25, 0.3) is 0 Å². The molecule has 0 spiro atoms. The van der Waals surface area contributed by atoms with Gasteiger partial charge in [0, 0.05) is 24.7 Å². The number of hydrogen-bond acceptors (Lipinski definition) is 6. The van der Waals surface area contributed by atoms with Crippen molar-refractivity contribution >= 4 is 29.3 Å². The van der Waals surface area contributed by atoms with E-state index in [1.807, 2.05) is 69.2 Å². The van der Waals surface area contributed by atoms with Crippen LogP contribution >= 0.6 is 11.6 Å². The predicted octanol–water partition coefficient (Wildman–Crippen LogP) is 2.17. The number of nitrogens with zero attached hydrogens (tertiary/aromatic N) is 1. The van der Waals surface area contributed by atoms with Crippen LogP contribution < -0.4 is 26.0 Å². The summed E-state index contributed by atoms with van der Waals surface area (Å²) < 4.78 is 6.07. The van der Waals surface area contributed by atoms with E-state index in [-0.39, 0.29) is 17.7 Å². The number of carbonyl (C=O) groups excluding carboxylic acids is 3. The first-order valence-corrected chi connectivity index (χ1v) is 14.2. The SMILES string of the molecule is CC(C)[C@H]1NC(=O)[C@@H](Cc2ccc(Cl)cc2)NCCOc2ccccc2CCCNC(=O)[C@H](CN(C)C)NC1=O. The largest absolute Gasteiger partial charge is 0.492 e. The first-order chi connectivity index (χ1) is 19.1. The predicted molar refractivity (Wildman–Crippen MR) is 157 cm³/mol. The number of fused-ring (bicyclic) bond motifs is 1. The normalized spacial score (nSPS) is 21.9. The molecule has 0 saturated carbocycles. The van der Waals surface area contributed by atoms with Crippen molar-refractivity contribution in [2.75, 3.05) is 40.3 Å². The molecule has 218 valence electrons. The van der Waals surface area contributed by atoms with E-state index in [1.165, 1.54) is 0 Å². The first kappa shape index (κ1) is 31.4. The van der Waals surface area contributed by atoms with Gasteiger partial charge in [0.1, 0.15) is 24.4 Å². The molecule has 9 nitrogen and oxygen atoms in total. The van der Waals surface area contributed by atoms with Crippen LogP contribution in [-0.2, 0) is 27.2 Å².